The normalized spacial score (nSPS) is 20.7. The lowest BCUT2D eigenvalue weighted by Gasteiger charge is -2.04. The topological polar surface area (TPSA) is 94.8 Å². The highest BCUT2D eigenvalue weighted by Gasteiger charge is 2.53. The van der Waals surface area contributed by atoms with E-state index in [0.29, 0.717) is 0 Å². The highest BCUT2D eigenvalue weighted by molar-refractivity contribution is 7.46. The minimum absolute atomic E-state index is 0.763. The van der Waals surface area contributed by atoms with Crippen LogP contribution in [0.4, 0.5) is 0 Å². The molecule has 3 atom stereocenters. The van der Waals surface area contributed by atoms with Gasteiger partial charge in [0.1, 0.15) is 0 Å². The predicted molar refractivity (Wildman–Crippen MR) is 36.0 cm³/mol. The van der Waals surface area contributed by atoms with Crippen LogP contribution >= 0.6 is 16.9 Å². The molecule has 7 heteroatoms. The van der Waals surface area contributed by atoms with E-state index in [1.54, 1.807) is 0 Å². The maximum absolute atomic E-state index is 10.1. The van der Waals surface area contributed by atoms with Crippen LogP contribution in [-0.4, -0.2) is 33.1 Å². The molecule has 0 spiro atoms. The van der Waals surface area contributed by atoms with Gasteiger partial charge in [-0.1, -0.05) is 9.13 Å². The quantitative estimate of drug-likeness (QED) is 0.491. The molecule has 0 saturated carbocycles. The molecular weight excluding hydrogens is 178 g/mol. The van der Waals surface area contributed by atoms with E-state index in [0.717, 1.165) is 0 Å². The molecule has 58 valence electrons. The summed E-state index contributed by atoms with van der Waals surface area (Å²) in [5.41, 5.74) is 0. The highest BCUT2D eigenvalue weighted by Crippen LogP contribution is 2.34. The van der Waals surface area contributed by atoms with E-state index in [-0.39, 0.29) is 0 Å². The standard InChI is InChI=1S/C3H6O5P2/c4-1-2(5)3(6,9-7)10-8/h2,4-6H,1H2/p+2. The van der Waals surface area contributed by atoms with Crippen molar-refractivity contribution in [2.75, 3.05) is 6.61 Å². The molecule has 0 amide bonds. The largest absolute Gasteiger partial charge is 0.472 e. The summed E-state index contributed by atoms with van der Waals surface area (Å²) in [4.78, 5) is 0. The molecule has 0 heterocycles. The zero-order valence-corrected chi connectivity index (χ0v) is 6.94. The van der Waals surface area contributed by atoms with Crippen LogP contribution in [0, 0.1) is 0 Å². The number of hydrogen-bond donors (Lipinski definition) is 3. The van der Waals surface area contributed by atoms with Crippen molar-refractivity contribution in [3.63, 3.8) is 0 Å². The van der Waals surface area contributed by atoms with Gasteiger partial charge >= 0.3 is 22.0 Å². The first-order chi connectivity index (χ1) is 4.60. The van der Waals surface area contributed by atoms with Crippen LogP contribution in [0.25, 0.3) is 0 Å². The van der Waals surface area contributed by atoms with Crippen molar-refractivity contribution in [1.29, 1.82) is 0 Å². The van der Waals surface area contributed by atoms with Gasteiger partial charge in [0.05, 0.1) is 6.61 Å². The molecular formula is C3H8O5P2+2. The predicted octanol–water partition coefficient (Wildman–Crippen LogP) is -0.966. The molecule has 0 aliphatic heterocycles. The number of rotatable bonds is 4. The molecule has 3 unspecified atom stereocenters. The van der Waals surface area contributed by atoms with Gasteiger partial charge in [0.2, 0.25) is 6.10 Å². The Hall–Kier alpha value is 0.0800. The second-order valence-corrected chi connectivity index (χ2v) is 4.10. The average molecular weight is 186 g/mol. The van der Waals surface area contributed by atoms with Gasteiger partial charge in [0, 0.05) is 0 Å². The molecule has 0 aromatic rings. The van der Waals surface area contributed by atoms with Crippen LogP contribution < -0.4 is 0 Å². The number of hydrogen-bond acceptors (Lipinski definition) is 5. The van der Waals surface area contributed by atoms with E-state index in [4.69, 9.17) is 15.3 Å². The fraction of sp³-hybridized carbons (Fsp3) is 1.00. The van der Waals surface area contributed by atoms with Crippen LogP contribution in [0.15, 0.2) is 0 Å². The van der Waals surface area contributed by atoms with Gasteiger partial charge in [-0.05, 0) is 0 Å². The zero-order chi connectivity index (χ0) is 8.20. The molecule has 0 fully saturated rings. The molecule has 0 radical (unpaired) electrons. The molecule has 0 saturated heterocycles. The van der Waals surface area contributed by atoms with Gasteiger partial charge in [-0.25, -0.2) is 0 Å². The number of aliphatic hydroxyl groups excluding tert-OH is 2. The Bertz CT molecular complexity index is 129. The smallest absolute Gasteiger partial charge is 0.393 e. The minimum atomic E-state index is -2.16. The fourth-order valence-electron chi connectivity index (χ4n) is 0.289. The minimum Gasteiger partial charge on any atom is -0.393 e. The molecule has 3 N–H and O–H groups in total. The maximum Gasteiger partial charge on any atom is 0.472 e. The summed E-state index contributed by atoms with van der Waals surface area (Å²) in [6.07, 6.45) is -1.61. The monoisotopic (exact) mass is 186 g/mol. The maximum atomic E-state index is 10.1. The van der Waals surface area contributed by atoms with Gasteiger partial charge in [0.15, 0.2) is 0 Å². The average Bonchev–Trinajstić information content (AvgIpc) is 2.01. The summed E-state index contributed by atoms with van der Waals surface area (Å²) in [7, 11) is -2.63. The van der Waals surface area contributed by atoms with E-state index in [1.807, 2.05) is 0 Å². The van der Waals surface area contributed by atoms with Crippen molar-refractivity contribution in [3.05, 3.63) is 0 Å². The first-order valence-electron chi connectivity index (χ1n) is 2.40. The summed E-state index contributed by atoms with van der Waals surface area (Å²) in [6.45, 7) is -0.763. The summed E-state index contributed by atoms with van der Waals surface area (Å²) in [5.74, 6) is 0. The molecule has 0 aliphatic rings. The molecule has 0 aliphatic carbocycles. The lowest BCUT2D eigenvalue weighted by atomic mass is 10.4. The van der Waals surface area contributed by atoms with Gasteiger partial charge in [-0.15, -0.1) is 0 Å². The van der Waals surface area contributed by atoms with Crippen molar-refractivity contribution in [2.45, 2.75) is 11.2 Å². The second-order valence-electron chi connectivity index (χ2n) is 1.67. The Morgan fingerprint density at radius 2 is 1.80 bits per heavy atom. The van der Waals surface area contributed by atoms with E-state index in [2.05, 4.69) is 0 Å². The molecule has 0 bridgehead atoms. The summed E-state index contributed by atoms with van der Waals surface area (Å²) in [5, 5.41) is 23.7. The third-order valence-electron chi connectivity index (χ3n) is 0.966. The van der Waals surface area contributed by atoms with E-state index in [9.17, 15) is 9.13 Å². The highest BCUT2D eigenvalue weighted by atomic mass is 31.1. The Kier molecular flexibility index (Phi) is 4.09. The zero-order valence-electron chi connectivity index (χ0n) is 4.94. The molecule has 0 aromatic heterocycles. The van der Waals surface area contributed by atoms with Gasteiger partial charge < -0.3 is 15.3 Å². The van der Waals surface area contributed by atoms with Crippen molar-refractivity contribution in [2.24, 2.45) is 0 Å². The van der Waals surface area contributed by atoms with Gasteiger partial charge in [-0.2, -0.15) is 0 Å². The van der Waals surface area contributed by atoms with E-state index >= 15 is 0 Å². The van der Waals surface area contributed by atoms with Crippen LogP contribution in [0.1, 0.15) is 0 Å². The second kappa shape index (κ2) is 4.06. The van der Waals surface area contributed by atoms with Gasteiger partial charge in [-0.3, -0.25) is 0 Å². The molecule has 0 aromatic carbocycles. The Balaban J connectivity index is 4.30. The Morgan fingerprint density at radius 3 is 1.90 bits per heavy atom. The summed E-state index contributed by atoms with van der Waals surface area (Å²) >= 11 is 0. The third-order valence-corrected chi connectivity index (χ3v) is 2.87. The van der Waals surface area contributed by atoms with Crippen molar-refractivity contribution in [1.82, 2.24) is 0 Å². The van der Waals surface area contributed by atoms with Crippen molar-refractivity contribution < 1.29 is 24.4 Å². The lowest BCUT2D eigenvalue weighted by molar-refractivity contribution is 0.00618. The van der Waals surface area contributed by atoms with E-state index in [1.165, 1.54) is 0 Å². The first kappa shape index (κ1) is 10.1. The molecule has 10 heavy (non-hydrogen) atoms. The van der Waals surface area contributed by atoms with Crippen LogP contribution in [0.5, 0.6) is 0 Å². The third kappa shape index (κ3) is 2.04. The van der Waals surface area contributed by atoms with Gasteiger partial charge in [0.25, 0.3) is 0 Å². The Morgan fingerprint density at radius 1 is 1.40 bits per heavy atom. The van der Waals surface area contributed by atoms with Crippen molar-refractivity contribution >= 4 is 16.9 Å². The van der Waals surface area contributed by atoms with Crippen LogP contribution in [0.3, 0.4) is 0 Å². The lowest BCUT2D eigenvalue weighted by Crippen LogP contribution is -2.33. The molecule has 5 nitrogen and oxygen atoms in total. The summed E-state index contributed by atoms with van der Waals surface area (Å²) in [6, 6.07) is 0. The number of aliphatic hydroxyl groups is 3. The first-order valence-corrected chi connectivity index (χ1v) is 4.22. The fourth-order valence-corrected chi connectivity index (χ4v) is 0.910. The molecule has 0 rings (SSSR count). The van der Waals surface area contributed by atoms with Crippen molar-refractivity contribution in [3.8, 4) is 0 Å². The van der Waals surface area contributed by atoms with Crippen LogP contribution in [-0.2, 0) is 9.13 Å². The summed E-state index contributed by atoms with van der Waals surface area (Å²) < 4.78 is 20.2. The SMILES string of the molecule is O=[PH+]C(O)([PH+]=O)C(O)CO. The van der Waals surface area contributed by atoms with E-state index < -0.39 is 34.7 Å². The van der Waals surface area contributed by atoms with Crippen LogP contribution in [0.2, 0.25) is 0 Å². The Labute approximate surface area is 60.1 Å².